The van der Waals surface area contributed by atoms with Gasteiger partial charge in [0.05, 0.1) is 17.0 Å². The van der Waals surface area contributed by atoms with Gasteiger partial charge in [0.2, 0.25) is 0 Å². The third-order valence-electron chi connectivity index (χ3n) is 6.45. The third kappa shape index (κ3) is 4.38. The number of non-ortho nitro benzene ring substituents is 2. The molecule has 4 aromatic carbocycles. The highest BCUT2D eigenvalue weighted by molar-refractivity contribution is 6.43. The van der Waals surface area contributed by atoms with Crippen LogP contribution in [0.15, 0.2) is 97.1 Å². The van der Waals surface area contributed by atoms with Crippen molar-refractivity contribution in [3.63, 3.8) is 0 Å². The van der Waals surface area contributed by atoms with Crippen molar-refractivity contribution in [1.29, 1.82) is 0 Å². The number of methoxy groups -OCH3 is 1. The SMILES string of the molecule is COc1ccc(C2=C(c3ccc([N+](=O)[O-])cc3)C(c3ccc(C)cc3)=C2c2ccc([N+](=O)[O-])cc2)cc1. The molecule has 0 radical (unpaired) electrons. The average Bonchev–Trinajstić information content (AvgIpc) is 2.90. The first-order chi connectivity index (χ1) is 17.9. The van der Waals surface area contributed by atoms with Gasteiger partial charge in [-0.2, -0.15) is 0 Å². The number of benzene rings is 4. The Kier molecular flexibility index (Phi) is 6.11. The molecule has 0 spiro atoms. The van der Waals surface area contributed by atoms with Gasteiger partial charge in [0.1, 0.15) is 5.75 Å². The van der Waals surface area contributed by atoms with Gasteiger partial charge in [0, 0.05) is 24.3 Å². The second-order valence-electron chi connectivity index (χ2n) is 8.70. The molecular formula is C30H22N2O5. The molecule has 0 amide bonds. The first-order valence-electron chi connectivity index (χ1n) is 11.6. The van der Waals surface area contributed by atoms with Crippen LogP contribution in [-0.4, -0.2) is 17.0 Å². The summed E-state index contributed by atoms with van der Waals surface area (Å²) in [6.07, 6.45) is 0. The molecule has 0 N–H and O–H groups in total. The van der Waals surface area contributed by atoms with E-state index in [1.807, 2.05) is 55.5 Å². The lowest BCUT2D eigenvalue weighted by Crippen LogP contribution is -2.10. The molecule has 1 aliphatic carbocycles. The molecule has 0 aromatic heterocycles. The van der Waals surface area contributed by atoms with Gasteiger partial charge >= 0.3 is 0 Å². The smallest absolute Gasteiger partial charge is 0.269 e. The standard InChI is InChI=1S/C30H22N2O5/c1-19-3-5-20(6-4-19)27-28(21-7-13-24(14-8-21)31(33)34)30(23-11-17-26(37-2)18-12-23)29(27)22-9-15-25(16-10-22)32(35)36/h3-18H,1-2H3. The Morgan fingerprint density at radius 1 is 0.514 bits per heavy atom. The summed E-state index contributed by atoms with van der Waals surface area (Å²) in [5, 5.41) is 22.5. The molecule has 0 atom stereocenters. The van der Waals surface area contributed by atoms with E-state index in [4.69, 9.17) is 4.74 Å². The topological polar surface area (TPSA) is 95.5 Å². The molecule has 7 heteroatoms. The van der Waals surface area contributed by atoms with Gasteiger partial charge in [0.25, 0.3) is 11.4 Å². The van der Waals surface area contributed by atoms with Crippen LogP contribution >= 0.6 is 0 Å². The van der Waals surface area contributed by atoms with Crippen molar-refractivity contribution in [2.24, 2.45) is 0 Å². The van der Waals surface area contributed by atoms with E-state index in [9.17, 15) is 20.2 Å². The van der Waals surface area contributed by atoms with Crippen LogP contribution in [0.25, 0.3) is 22.3 Å². The molecule has 0 fully saturated rings. The monoisotopic (exact) mass is 490 g/mol. The molecule has 182 valence electrons. The Hall–Kier alpha value is -5.04. The van der Waals surface area contributed by atoms with Crippen LogP contribution in [-0.2, 0) is 0 Å². The zero-order chi connectivity index (χ0) is 26.1. The van der Waals surface area contributed by atoms with Crippen molar-refractivity contribution in [3.8, 4) is 5.75 Å². The van der Waals surface area contributed by atoms with Gasteiger partial charge in [-0.15, -0.1) is 0 Å². The summed E-state index contributed by atoms with van der Waals surface area (Å²) in [6.45, 7) is 2.02. The van der Waals surface area contributed by atoms with E-state index in [-0.39, 0.29) is 11.4 Å². The van der Waals surface area contributed by atoms with Crippen molar-refractivity contribution in [2.75, 3.05) is 7.11 Å². The molecule has 0 bridgehead atoms. The number of rotatable bonds is 7. The molecule has 7 nitrogen and oxygen atoms in total. The molecule has 37 heavy (non-hydrogen) atoms. The Bertz CT molecular complexity index is 1570. The van der Waals surface area contributed by atoms with E-state index in [0.29, 0.717) is 0 Å². The van der Waals surface area contributed by atoms with Crippen LogP contribution in [0, 0.1) is 27.2 Å². The highest BCUT2D eigenvalue weighted by atomic mass is 16.6. The molecule has 0 aliphatic heterocycles. The maximum Gasteiger partial charge on any atom is 0.269 e. The number of ether oxygens (including phenoxy) is 1. The van der Waals surface area contributed by atoms with Gasteiger partial charge in [-0.05, 0) is 87.9 Å². The maximum absolute atomic E-state index is 11.3. The Morgan fingerprint density at radius 3 is 1.11 bits per heavy atom. The van der Waals surface area contributed by atoms with Crippen LogP contribution in [0.5, 0.6) is 5.75 Å². The van der Waals surface area contributed by atoms with Gasteiger partial charge in [0.15, 0.2) is 0 Å². The number of hydrogen-bond donors (Lipinski definition) is 0. The molecule has 5 rings (SSSR count). The maximum atomic E-state index is 11.3. The molecule has 0 saturated heterocycles. The third-order valence-corrected chi connectivity index (χ3v) is 6.45. The molecular weight excluding hydrogens is 468 g/mol. The summed E-state index contributed by atoms with van der Waals surface area (Å²) in [4.78, 5) is 21.7. The fraction of sp³-hybridized carbons (Fsp3) is 0.0667. The van der Waals surface area contributed by atoms with E-state index in [2.05, 4.69) is 0 Å². The predicted molar refractivity (Wildman–Crippen MR) is 144 cm³/mol. The van der Waals surface area contributed by atoms with Gasteiger partial charge in [-0.25, -0.2) is 0 Å². The summed E-state index contributed by atoms with van der Waals surface area (Å²) in [5.41, 5.74) is 8.64. The van der Waals surface area contributed by atoms with E-state index < -0.39 is 9.85 Å². The minimum atomic E-state index is -0.414. The lowest BCUT2D eigenvalue weighted by Gasteiger charge is -2.33. The number of nitrogens with zero attached hydrogens (tertiary/aromatic N) is 2. The summed E-state index contributed by atoms with van der Waals surface area (Å²) >= 11 is 0. The van der Waals surface area contributed by atoms with E-state index in [1.165, 1.54) is 24.3 Å². The van der Waals surface area contributed by atoms with Crippen molar-refractivity contribution in [3.05, 3.63) is 145 Å². The summed E-state index contributed by atoms with van der Waals surface area (Å²) in [7, 11) is 1.61. The van der Waals surface area contributed by atoms with E-state index in [0.717, 1.165) is 55.9 Å². The highest BCUT2D eigenvalue weighted by Crippen LogP contribution is 2.56. The second-order valence-corrected chi connectivity index (χ2v) is 8.70. The molecule has 1 aliphatic rings. The van der Waals surface area contributed by atoms with Gasteiger partial charge in [-0.1, -0.05) is 42.0 Å². The lowest BCUT2D eigenvalue weighted by atomic mass is 9.69. The number of nitro benzene ring substituents is 2. The Morgan fingerprint density at radius 2 is 0.811 bits per heavy atom. The predicted octanol–water partition coefficient (Wildman–Crippen LogP) is 7.36. The zero-order valence-corrected chi connectivity index (χ0v) is 20.2. The Labute approximate surface area is 213 Å². The number of allylic oxidation sites excluding steroid dienone is 4. The largest absolute Gasteiger partial charge is 0.497 e. The summed E-state index contributed by atoms with van der Waals surface area (Å²) in [6, 6.07) is 28.9. The normalized spacial score (nSPS) is 12.8. The van der Waals surface area contributed by atoms with E-state index >= 15 is 0 Å². The van der Waals surface area contributed by atoms with Crippen LogP contribution in [0.2, 0.25) is 0 Å². The van der Waals surface area contributed by atoms with Crippen LogP contribution < -0.4 is 4.74 Å². The number of aryl methyl sites for hydroxylation is 1. The fourth-order valence-corrected chi connectivity index (χ4v) is 4.57. The van der Waals surface area contributed by atoms with Gasteiger partial charge in [-0.3, -0.25) is 20.2 Å². The van der Waals surface area contributed by atoms with Crippen molar-refractivity contribution >= 4 is 33.7 Å². The molecule has 0 heterocycles. The summed E-state index contributed by atoms with van der Waals surface area (Å²) in [5.74, 6) is 0.722. The minimum absolute atomic E-state index is 0.0196. The average molecular weight is 491 g/mol. The van der Waals surface area contributed by atoms with Crippen molar-refractivity contribution in [2.45, 2.75) is 6.92 Å². The van der Waals surface area contributed by atoms with Crippen molar-refractivity contribution in [1.82, 2.24) is 0 Å². The minimum Gasteiger partial charge on any atom is -0.497 e. The number of nitro groups is 2. The van der Waals surface area contributed by atoms with Crippen LogP contribution in [0.1, 0.15) is 27.8 Å². The summed E-state index contributed by atoms with van der Waals surface area (Å²) < 4.78 is 5.34. The van der Waals surface area contributed by atoms with E-state index in [1.54, 1.807) is 31.4 Å². The van der Waals surface area contributed by atoms with Crippen LogP contribution in [0.4, 0.5) is 11.4 Å². The zero-order valence-electron chi connectivity index (χ0n) is 20.2. The molecule has 0 unspecified atom stereocenters. The first kappa shape index (κ1) is 23.7. The quantitative estimate of drug-likeness (QED) is 0.199. The number of hydrogen-bond acceptors (Lipinski definition) is 5. The Balaban J connectivity index is 1.75. The van der Waals surface area contributed by atoms with Gasteiger partial charge < -0.3 is 4.74 Å². The molecule has 4 aromatic rings. The molecule has 0 saturated carbocycles. The fourth-order valence-electron chi connectivity index (χ4n) is 4.57. The first-order valence-corrected chi connectivity index (χ1v) is 11.6. The highest BCUT2D eigenvalue weighted by Gasteiger charge is 2.33. The lowest BCUT2D eigenvalue weighted by molar-refractivity contribution is -0.385. The second kappa shape index (κ2) is 9.54. The van der Waals surface area contributed by atoms with Crippen LogP contribution in [0.3, 0.4) is 0 Å². The van der Waals surface area contributed by atoms with Crippen molar-refractivity contribution < 1.29 is 14.6 Å².